The zero-order chi connectivity index (χ0) is 16.1. The number of aliphatic hydroxyl groups excluding tert-OH is 1. The van der Waals surface area contributed by atoms with Gasteiger partial charge in [0.1, 0.15) is 0 Å². The Balaban J connectivity index is 1.59. The molecule has 3 rings (SSSR count). The molecule has 0 saturated carbocycles. The van der Waals surface area contributed by atoms with Crippen LogP contribution in [0, 0.1) is 0 Å². The Morgan fingerprint density at radius 1 is 1.13 bits per heavy atom. The highest BCUT2D eigenvalue weighted by molar-refractivity contribution is 7.17. The maximum Gasteiger partial charge on any atom is 0.244 e. The summed E-state index contributed by atoms with van der Waals surface area (Å²) in [4.78, 5) is 11.8. The van der Waals surface area contributed by atoms with Crippen molar-refractivity contribution in [3.05, 3.63) is 77.2 Å². The lowest BCUT2D eigenvalue weighted by Gasteiger charge is -2.10. The molecule has 1 aromatic heterocycles. The highest BCUT2D eigenvalue weighted by Gasteiger charge is 2.13. The third-order valence-corrected chi connectivity index (χ3v) is 4.55. The number of amides is 1. The van der Waals surface area contributed by atoms with Gasteiger partial charge < -0.3 is 10.4 Å². The Bertz CT molecular complexity index is 824. The van der Waals surface area contributed by atoms with Crippen molar-refractivity contribution in [3.63, 3.8) is 0 Å². The lowest BCUT2D eigenvalue weighted by Crippen LogP contribution is -2.26. The molecule has 2 N–H and O–H groups in total. The van der Waals surface area contributed by atoms with Crippen molar-refractivity contribution in [2.75, 3.05) is 6.54 Å². The van der Waals surface area contributed by atoms with Gasteiger partial charge in [-0.1, -0.05) is 48.5 Å². The van der Waals surface area contributed by atoms with Gasteiger partial charge in [0.2, 0.25) is 5.91 Å². The van der Waals surface area contributed by atoms with E-state index in [4.69, 9.17) is 0 Å². The van der Waals surface area contributed by atoms with E-state index in [1.165, 1.54) is 6.08 Å². The second-order valence-electron chi connectivity index (χ2n) is 5.19. The van der Waals surface area contributed by atoms with E-state index in [-0.39, 0.29) is 12.5 Å². The fourth-order valence-electron chi connectivity index (χ4n) is 2.36. The van der Waals surface area contributed by atoms with E-state index >= 15 is 0 Å². The summed E-state index contributed by atoms with van der Waals surface area (Å²) in [6.45, 7) is 0.193. The van der Waals surface area contributed by atoms with Crippen LogP contribution >= 0.6 is 11.3 Å². The molecule has 116 valence electrons. The molecule has 0 bridgehead atoms. The third-order valence-electron chi connectivity index (χ3n) is 3.57. The highest BCUT2D eigenvalue weighted by Crippen LogP contribution is 2.29. The van der Waals surface area contributed by atoms with Gasteiger partial charge in [0.25, 0.3) is 0 Å². The number of thiophene rings is 1. The fourth-order valence-corrected chi connectivity index (χ4v) is 3.37. The van der Waals surface area contributed by atoms with Crippen LogP contribution in [0.4, 0.5) is 0 Å². The third kappa shape index (κ3) is 3.86. The molecule has 0 fully saturated rings. The van der Waals surface area contributed by atoms with Gasteiger partial charge in [-0.05, 0) is 28.5 Å². The lowest BCUT2D eigenvalue weighted by atomic mass is 10.1. The van der Waals surface area contributed by atoms with Gasteiger partial charge in [-0.3, -0.25) is 4.79 Å². The average Bonchev–Trinajstić information content (AvgIpc) is 3.03. The topological polar surface area (TPSA) is 49.3 Å². The second-order valence-corrected chi connectivity index (χ2v) is 6.10. The first-order valence-corrected chi connectivity index (χ1v) is 8.27. The number of hydrogen-bond acceptors (Lipinski definition) is 3. The van der Waals surface area contributed by atoms with Crippen molar-refractivity contribution in [1.29, 1.82) is 0 Å². The summed E-state index contributed by atoms with van der Waals surface area (Å²) >= 11 is 1.60. The molecular weight excluding hydrogens is 306 g/mol. The average molecular weight is 323 g/mol. The number of benzene rings is 2. The van der Waals surface area contributed by atoms with Crippen molar-refractivity contribution in [3.8, 4) is 0 Å². The summed E-state index contributed by atoms with van der Waals surface area (Å²) in [5.74, 6) is -0.215. The van der Waals surface area contributed by atoms with Crippen LogP contribution in [-0.2, 0) is 4.79 Å². The quantitative estimate of drug-likeness (QED) is 0.702. The molecule has 23 heavy (non-hydrogen) atoms. The Morgan fingerprint density at radius 2 is 1.87 bits per heavy atom. The number of carbonyl (C=O) groups excluding carboxylic acids is 1. The minimum atomic E-state index is -0.708. The SMILES string of the molecule is O=C(/C=C/c1ccccc1)NCC(O)c1csc2ccccc12. The predicted octanol–water partition coefficient (Wildman–Crippen LogP) is 3.76. The summed E-state index contributed by atoms with van der Waals surface area (Å²) < 4.78 is 1.14. The van der Waals surface area contributed by atoms with Gasteiger partial charge >= 0.3 is 0 Å². The predicted molar refractivity (Wildman–Crippen MR) is 95.3 cm³/mol. The van der Waals surface area contributed by atoms with Crippen LogP contribution < -0.4 is 5.32 Å². The summed E-state index contributed by atoms with van der Waals surface area (Å²) in [5.41, 5.74) is 1.82. The molecule has 1 heterocycles. The van der Waals surface area contributed by atoms with Crippen LogP contribution in [0.5, 0.6) is 0 Å². The van der Waals surface area contributed by atoms with E-state index in [2.05, 4.69) is 5.32 Å². The number of rotatable bonds is 5. The molecule has 3 nitrogen and oxygen atoms in total. The van der Waals surface area contributed by atoms with Gasteiger partial charge in [-0.15, -0.1) is 11.3 Å². The van der Waals surface area contributed by atoms with E-state index in [0.29, 0.717) is 0 Å². The first kappa shape index (κ1) is 15.5. The van der Waals surface area contributed by atoms with Crippen molar-refractivity contribution in [2.24, 2.45) is 0 Å². The number of nitrogens with one attached hydrogen (secondary N) is 1. The first-order chi connectivity index (χ1) is 11.2. The Hall–Kier alpha value is -2.43. The molecule has 4 heteroatoms. The molecule has 2 aromatic carbocycles. The monoisotopic (exact) mass is 323 g/mol. The van der Waals surface area contributed by atoms with Gasteiger partial charge in [-0.2, -0.15) is 0 Å². The molecular formula is C19H17NO2S. The fraction of sp³-hybridized carbons (Fsp3) is 0.105. The van der Waals surface area contributed by atoms with Crippen LogP contribution in [0.3, 0.4) is 0 Å². The van der Waals surface area contributed by atoms with Gasteiger partial charge in [0, 0.05) is 22.9 Å². The summed E-state index contributed by atoms with van der Waals surface area (Å²) in [7, 11) is 0. The molecule has 3 aromatic rings. The van der Waals surface area contributed by atoms with Crippen LogP contribution in [-0.4, -0.2) is 17.6 Å². The molecule has 0 spiro atoms. The van der Waals surface area contributed by atoms with Crippen molar-refractivity contribution >= 4 is 33.4 Å². The second kappa shape index (κ2) is 7.22. The van der Waals surface area contributed by atoms with Crippen LogP contribution in [0.1, 0.15) is 17.2 Å². The first-order valence-electron chi connectivity index (χ1n) is 7.39. The summed E-state index contributed by atoms with van der Waals surface area (Å²) in [5, 5.41) is 16.0. The molecule has 1 unspecified atom stereocenters. The maximum atomic E-state index is 11.8. The van der Waals surface area contributed by atoms with Crippen molar-refractivity contribution in [1.82, 2.24) is 5.32 Å². The van der Waals surface area contributed by atoms with E-state index in [1.807, 2.05) is 60.0 Å². The maximum absolute atomic E-state index is 11.8. The minimum absolute atomic E-state index is 0.193. The molecule has 1 amide bonds. The number of fused-ring (bicyclic) bond motifs is 1. The van der Waals surface area contributed by atoms with Crippen LogP contribution in [0.2, 0.25) is 0 Å². The normalized spacial score (nSPS) is 12.6. The number of carbonyl (C=O) groups is 1. The van der Waals surface area contributed by atoms with Gasteiger partial charge in [0.15, 0.2) is 0 Å². The molecule has 0 aliphatic carbocycles. The Kier molecular flexibility index (Phi) is 4.86. The Morgan fingerprint density at radius 3 is 2.70 bits per heavy atom. The van der Waals surface area contributed by atoms with Crippen LogP contribution in [0.25, 0.3) is 16.2 Å². The van der Waals surface area contributed by atoms with Crippen molar-refractivity contribution < 1.29 is 9.90 Å². The molecule has 0 saturated heterocycles. The molecule has 0 aliphatic heterocycles. The van der Waals surface area contributed by atoms with Gasteiger partial charge in [-0.25, -0.2) is 0 Å². The van der Waals surface area contributed by atoms with Gasteiger partial charge in [0.05, 0.1) is 6.10 Å². The van der Waals surface area contributed by atoms with E-state index in [9.17, 15) is 9.90 Å². The zero-order valence-corrected chi connectivity index (χ0v) is 13.3. The van der Waals surface area contributed by atoms with E-state index in [0.717, 1.165) is 21.2 Å². The van der Waals surface area contributed by atoms with Crippen LogP contribution in [0.15, 0.2) is 66.1 Å². The van der Waals surface area contributed by atoms with Crippen molar-refractivity contribution in [2.45, 2.75) is 6.10 Å². The van der Waals surface area contributed by atoms with E-state index < -0.39 is 6.10 Å². The lowest BCUT2D eigenvalue weighted by molar-refractivity contribution is -0.116. The minimum Gasteiger partial charge on any atom is -0.387 e. The zero-order valence-electron chi connectivity index (χ0n) is 12.5. The smallest absolute Gasteiger partial charge is 0.244 e. The standard InChI is InChI=1S/C19H17NO2S/c21-17(16-13-23-18-9-5-4-8-15(16)18)12-20-19(22)11-10-14-6-2-1-3-7-14/h1-11,13,17,21H,12H2,(H,20,22)/b11-10+. The Labute approximate surface area is 138 Å². The molecule has 1 atom stereocenters. The molecule has 0 radical (unpaired) electrons. The van der Waals surface area contributed by atoms with E-state index in [1.54, 1.807) is 17.4 Å². The largest absolute Gasteiger partial charge is 0.387 e. The number of aliphatic hydroxyl groups is 1. The number of hydrogen-bond donors (Lipinski definition) is 2. The summed E-state index contributed by atoms with van der Waals surface area (Å²) in [6.07, 6.45) is 2.52. The molecule has 0 aliphatic rings. The summed E-state index contributed by atoms with van der Waals surface area (Å²) in [6, 6.07) is 17.6. The highest BCUT2D eigenvalue weighted by atomic mass is 32.1.